The third-order valence-electron chi connectivity index (χ3n) is 2.34. The Morgan fingerprint density at radius 2 is 1.67 bits per heavy atom. The first-order valence-electron chi connectivity index (χ1n) is 5.54. The molecule has 0 saturated carbocycles. The molecule has 0 saturated heterocycles. The van der Waals surface area contributed by atoms with Crippen LogP contribution in [-0.2, 0) is 4.79 Å². The van der Waals surface area contributed by atoms with Crippen molar-refractivity contribution in [3.8, 4) is 0 Å². The summed E-state index contributed by atoms with van der Waals surface area (Å²) in [7, 11) is 0. The molecular weight excluding hydrogens is 246 g/mol. The van der Waals surface area contributed by atoms with Gasteiger partial charge in [-0.05, 0) is 35.9 Å². The van der Waals surface area contributed by atoms with Crippen molar-refractivity contribution in [2.24, 2.45) is 0 Å². The Hall–Kier alpha value is -2.06. The zero-order valence-electron chi connectivity index (χ0n) is 9.64. The second kappa shape index (κ2) is 6.03. The SMILES string of the molecule is O=C(/C=C\c1ccc(Cl)cc1)Nc1ccccc1. The molecule has 0 aliphatic rings. The Balaban J connectivity index is 1.97. The van der Waals surface area contributed by atoms with Crippen LogP contribution in [0.25, 0.3) is 6.08 Å². The number of hydrogen-bond acceptors (Lipinski definition) is 1. The minimum absolute atomic E-state index is 0.156. The number of amides is 1. The van der Waals surface area contributed by atoms with E-state index in [9.17, 15) is 4.79 Å². The maximum absolute atomic E-state index is 11.6. The van der Waals surface area contributed by atoms with Crippen LogP contribution >= 0.6 is 11.6 Å². The van der Waals surface area contributed by atoms with Crippen molar-refractivity contribution in [3.05, 3.63) is 71.3 Å². The number of carbonyl (C=O) groups excluding carboxylic acids is 1. The number of nitrogens with one attached hydrogen (secondary N) is 1. The second-order valence-corrected chi connectivity index (χ2v) is 4.18. The van der Waals surface area contributed by atoms with Gasteiger partial charge < -0.3 is 5.32 Å². The monoisotopic (exact) mass is 257 g/mol. The highest BCUT2D eigenvalue weighted by Crippen LogP contribution is 2.11. The van der Waals surface area contributed by atoms with Gasteiger partial charge in [0, 0.05) is 16.8 Å². The Morgan fingerprint density at radius 1 is 1.00 bits per heavy atom. The van der Waals surface area contributed by atoms with E-state index in [0.29, 0.717) is 5.02 Å². The molecule has 0 bridgehead atoms. The van der Waals surface area contributed by atoms with Crippen LogP contribution in [0, 0.1) is 0 Å². The van der Waals surface area contributed by atoms with Crippen molar-refractivity contribution in [1.29, 1.82) is 0 Å². The molecule has 0 aliphatic heterocycles. The van der Waals surface area contributed by atoms with E-state index in [1.165, 1.54) is 6.08 Å². The molecule has 0 atom stereocenters. The fourth-order valence-corrected chi connectivity index (χ4v) is 1.58. The fraction of sp³-hybridized carbons (Fsp3) is 0. The standard InChI is InChI=1S/C15H12ClNO/c16-13-9-6-12(7-10-13)8-11-15(18)17-14-4-2-1-3-5-14/h1-11H,(H,17,18)/b11-8-. The largest absolute Gasteiger partial charge is 0.323 e. The van der Waals surface area contributed by atoms with Crippen molar-refractivity contribution >= 4 is 29.3 Å². The molecule has 0 aromatic heterocycles. The van der Waals surface area contributed by atoms with Crippen molar-refractivity contribution in [1.82, 2.24) is 0 Å². The summed E-state index contributed by atoms with van der Waals surface area (Å²) in [5.74, 6) is -0.156. The van der Waals surface area contributed by atoms with Gasteiger partial charge in [0.2, 0.25) is 5.91 Å². The first-order chi connectivity index (χ1) is 8.74. The van der Waals surface area contributed by atoms with Gasteiger partial charge in [-0.15, -0.1) is 0 Å². The summed E-state index contributed by atoms with van der Waals surface area (Å²) in [4.78, 5) is 11.6. The average Bonchev–Trinajstić information content (AvgIpc) is 2.39. The van der Waals surface area contributed by atoms with Crippen LogP contribution in [0.4, 0.5) is 5.69 Å². The highest BCUT2D eigenvalue weighted by Gasteiger charge is 1.96. The summed E-state index contributed by atoms with van der Waals surface area (Å²) in [6, 6.07) is 16.6. The molecule has 2 aromatic carbocycles. The molecule has 0 heterocycles. The maximum atomic E-state index is 11.6. The lowest BCUT2D eigenvalue weighted by Crippen LogP contribution is -2.07. The highest BCUT2D eigenvalue weighted by atomic mass is 35.5. The number of rotatable bonds is 3. The van der Waals surface area contributed by atoms with E-state index in [2.05, 4.69) is 5.32 Å². The molecular formula is C15H12ClNO. The molecule has 0 spiro atoms. The van der Waals surface area contributed by atoms with E-state index >= 15 is 0 Å². The van der Waals surface area contributed by atoms with Crippen LogP contribution in [0.5, 0.6) is 0 Å². The smallest absolute Gasteiger partial charge is 0.248 e. The third kappa shape index (κ3) is 3.75. The minimum Gasteiger partial charge on any atom is -0.323 e. The number of carbonyl (C=O) groups is 1. The van der Waals surface area contributed by atoms with Crippen molar-refractivity contribution in [2.45, 2.75) is 0 Å². The lowest BCUT2D eigenvalue weighted by Gasteiger charge is -2.00. The van der Waals surface area contributed by atoms with Gasteiger partial charge in [-0.1, -0.05) is 41.9 Å². The van der Waals surface area contributed by atoms with Gasteiger partial charge in [-0.3, -0.25) is 4.79 Å². The van der Waals surface area contributed by atoms with Gasteiger partial charge in [-0.2, -0.15) is 0 Å². The first kappa shape index (κ1) is 12.4. The van der Waals surface area contributed by atoms with Gasteiger partial charge in [0.1, 0.15) is 0 Å². The Bertz CT molecular complexity index is 546. The quantitative estimate of drug-likeness (QED) is 0.828. The van der Waals surface area contributed by atoms with Crippen LogP contribution < -0.4 is 5.32 Å². The molecule has 0 unspecified atom stereocenters. The number of hydrogen-bond donors (Lipinski definition) is 1. The van der Waals surface area contributed by atoms with Crippen molar-refractivity contribution < 1.29 is 4.79 Å². The highest BCUT2D eigenvalue weighted by molar-refractivity contribution is 6.30. The van der Waals surface area contributed by atoms with E-state index in [1.54, 1.807) is 18.2 Å². The molecule has 2 rings (SSSR count). The summed E-state index contributed by atoms with van der Waals surface area (Å²) in [5.41, 5.74) is 1.71. The summed E-state index contributed by atoms with van der Waals surface area (Å²) >= 11 is 5.78. The summed E-state index contributed by atoms with van der Waals surface area (Å²) in [6.07, 6.45) is 3.24. The number of para-hydroxylation sites is 1. The topological polar surface area (TPSA) is 29.1 Å². The van der Waals surface area contributed by atoms with Crippen LogP contribution in [0.1, 0.15) is 5.56 Å². The van der Waals surface area contributed by atoms with E-state index in [4.69, 9.17) is 11.6 Å². The van der Waals surface area contributed by atoms with Gasteiger partial charge in [0.25, 0.3) is 0 Å². The molecule has 2 nitrogen and oxygen atoms in total. The van der Waals surface area contributed by atoms with E-state index in [0.717, 1.165) is 11.3 Å². The maximum Gasteiger partial charge on any atom is 0.248 e. The Labute approximate surface area is 111 Å². The van der Waals surface area contributed by atoms with E-state index in [-0.39, 0.29) is 5.91 Å². The zero-order valence-corrected chi connectivity index (χ0v) is 10.4. The molecule has 3 heteroatoms. The van der Waals surface area contributed by atoms with Crippen molar-refractivity contribution in [2.75, 3.05) is 5.32 Å². The zero-order chi connectivity index (χ0) is 12.8. The molecule has 2 aromatic rings. The van der Waals surface area contributed by atoms with Crippen LogP contribution in [0.15, 0.2) is 60.7 Å². The molecule has 1 amide bonds. The third-order valence-corrected chi connectivity index (χ3v) is 2.59. The van der Waals surface area contributed by atoms with Gasteiger partial charge >= 0.3 is 0 Å². The Kier molecular flexibility index (Phi) is 4.15. The number of benzene rings is 2. The normalized spacial score (nSPS) is 10.5. The summed E-state index contributed by atoms with van der Waals surface area (Å²) in [6.45, 7) is 0. The predicted molar refractivity (Wildman–Crippen MR) is 75.6 cm³/mol. The van der Waals surface area contributed by atoms with E-state index < -0.39 is 0 Å². The van der Waals surface area contributed by atoms with Gasteiger partial charge in [-0.25, -0.2) is 0 Å². The predicted octanol–water partition coefficient (Wildman–Crippen LogP) is 3.99. The lowest BCUT2D eigenvalue weighted by molar-refractivity contribution is -0.111. The minimum atomic E-state index is -0.156. The molecule has 0 radical (unpaired) electrons. The fourth-order valence-electron chi connectivity index (χ4n) is 1.45. The number of halogens is 1. The molecule has 0 fully saturated rings. The van der Waals surface area contributed by atoms with Crippen LogP contribution in [0.2, 0.25) is 5.02 Å². The molecule has 18 heavy (non-hydrogen) atoms. The lowest BCUT2D eigenvalue weighted by atomic mass is 10.2. The van der Waals surface area contributed by atoms with E-state index in [1.807, 2.05) is 42.5 Å². The number of anilines is 1. The van der Waals surface area contributed by atoms with Crippen LogP contribution in [0.3, 0.4) is 0 Å². The van der Waals surface area contributed by atoms with Crippen molar-refractivity contribution in [3.63, 3.8) is 0 Å². The first-order valence-corrected chi connectivity index (χ1v) is 5.91. The summed E-state index contributed by atoms with van der Waals surface area (Å²) in [5, 5.41) is 3.45. The molecule has 1 N–H and O–H groups in total. The molecule has 90 valence electrons. The second-order valence-electron chi connectivity index (χ2n) is 3.74. The van der Waals surface area contributed by atoms with Crippen LogP contribution in [-0.4, -0.2) is 5.91 Å². The summed E-state index contributed by atoms with van der Waals surface area (Å²) < 4.78 is 0. The van der Waals surface area contributed by atoms with Gasteiger partial charge in [0.05, 0.1) is 0 Å². The Morgan fingerprint density at radius 3 is 2.33 bits per heavy atom. The molecule has 0 aliphatic carbocycles. The average molecular weight is 258 g/mol. The van der Waals surface area contributed by atoms with Gasteiger partial charge in [0.15, 0.2) is 0 Å².